The van der Waals surface area contributed by atoms with Crippen LogP contribution in [0.3, 0.4) is 0 Å². The van der Waals surface area contributed by atoms with E-state index >= 15 is 0 Å². The van der Waals surface area contributed by atoms with Gasteiger partial charge in [0.15, 0.2) is 0 Å². The molecule has 0 radical (unpaired) electrons. The molecule has 0 heterocycles. The minimum Gasteiger partial charge on any atom is -0.0836 e. The Morgan fingerprint density at radius 3 is 1.66 bits per heavy atom. The van der Waals surface area contributed by atoms with Crippen LogP contribution in [0.25, 0.3) is 87.2 Å². The van der Waals surface area contributed by atoms with Crippen molar-refractivity contribution in [2.45, 2.75) is 13.8 Å². The Morgan fingerprint density at radius 1 is 0.390 bits per heavy atom. The van der Waals surface area contributed by atoms with E-state index in [1.165, 1.54) is 92.8 Å². The molecule has 0 unspecified atom stereocenters. The van der Waals surface area contributed by atoms with Crippen molar-refractivity contribution in [3.8, 4) is 33.4 Å². The van der Waals surface area contributed by atoms with Crippen LogP contribution in [-0.4, -0.2) is 0 Å². The van der Waals surface area contributed by atoms with Crippen molar-refractivity contribution in [3.05, 3.63) is 131 Å². The van der Waals surface area contributed by atoms with Crippen LogP contribution in [0.15, 0.2) is 115 Å². The molecule has 0 aliphatic heterocycles. The lowest BCUT2D eigenvalue weighted by Gasteiger charge is -2.18. The number of hydrogen-bond acceptors (Lipinski definition) is 0. The summed E-state index contributed by atoms with van der Waals surface area (Å²) >= 11 is 7.21. The highest BCUT2D eigenvalue weighted by Gasteiger charge is 2.28. The summed E-state index contributed by atoms with van der Waals surface area (Å²) in [6.45, 7) is 4.57. The Bertz CT molecular complexity index is 2440. The van der Waals surface area contributed by atoms with Gasteiger partial charge in [-0.2, -0.15) is 0 Å². The molecule has 0 saturated heterocycles. The molecule has 1 aliphatic carbocycles. The standard InChI is InChI=1S/C40H25Cl/c1-22-32-20-35(34-18-24-10-3-5-12-26(24)28-14-7-8-15-29(28)34)37(41)21-33(32)23(2)39-36-19-25-11-4-6-13-27(25)30-16-9-17-31(38(22)39)40(30)36/h3-21H,1-2H3. The van der Waals surface area contributed by atoms with E-state index in [1.807, 2.05) is 0 Å². The van der Waals surface area contributed by atoms with E-state index < -0.39 is 0 Å². The first-order valence-corrected chi connectivity index (χ1v) is 14.6. The number of rotatable bonds is 1. The van der Waals surface area contributed by atoms with Crippen LogP contribution in [0.4, 0.5) is 0 Å². The first-order chi connectivity index (χ1) is 20.1. The van der Waals surface area contributed by atoms with E-state index in [-0.39, 0.29) is 0 Å². The van der Waals surface area contributed by atoms with Crippen molar-refractivity contribution >= 4 is 65.5 Å². The second-order valence-electron chi connectivity index (χ2n) is 11.4. The summed E-state index contributed by atoms with van der Waals surface area (Å²) in [5.74, 6) is 0. The van der Waals surface area contributed by atoms with Gasteiger partial charge in [0.1, 0.15) is 0 Å². The van der Waals surface area contributed by atoms with E-state index in [0.717, 1.165) is 10.6 Å². The van der Waals surface area contributed by atoms with Crippen LogP contribution in [0, 0.1) is 13.8 Å². The zero-order chi connectivity index (χ0) is 27.4. The van der Waals surface area contributed by atoms with E-state index in [9.17, 15) is 0 Å². The molecule has 0 N–H and O–H groups in total. The molecule has 0 fully saturated rings. The largest absolute Gasteiger partial charge is 0.0836 e. The molecular formula is C40H25Cl. The van der Waals surface area contributed by atoms with Crippen molar-refractivity contribution in [1.82, 2.24) is 0 Å². The summed E-state index contributed by atoms with van der Waals surface area (Å²) < 4.78 is 0. The molecule has 8 aromatic rings. The average Bonchev–Trinajstić information content (AvgIpc) is 3.35. The quantitative estimate of drug-likeness (QED) is 0.182. The van der Waals surface area contributed by atoms with Crippen molar-refractivity contribution < 1.29 is 0 Å². The van der Waals surface area contributed by atoms with Crippen molar-refractivity contribution in [2.24, 2.45) is 0 Å². The van der Waals surface area contributed by atoms with Gasteiger partial charge in [-0.3, -0.25) is 0 Å². The fraction of sp³-hybridized carbons (Fsp3) is 0.0500. The van der Waals surface area contributed by atoms with E-state index in [0.29, 0.717) is 0 Å². The van der Waals surface area contributed by atoms with Gasteiger partial charge >= 0.3 is 0 Å². The minimum atomic E-state index is 0.791. The lowest BCUT2D eigenvalue weighted by atomic mass is 9.86. The minimum absolute atomic E-state index is 0.791. The van der Waals surface area contributed by atoms with Crippen molar-refractivity contribution in [2.75, 3.05) is 0 Å². The van der Waals surface area contributed by atoms with Crippen LogP contribution in [0.2, 0.25) is 5.02 Å². The van der Waals surface area contributed by atoms with E-state index in [1.54, 1.807) is 0 Å². The van der Waals surface area contributed by atoms with Crippen LogP contribution in [-0.2, 0) is 0 Å². The molecule has 0 nitrogen and oxygen atoms in total. The van der Waals surface area contributed by atoms with Crippen LogP contribution >= 0.6 is 11.6 Å². The topological polar surface area (TPSA) is 0 Å². The Labute approximate surface area is 243 Å². The molecular weight excluding hydrogens is 516 g/mol. The molecule has 9 rings (SSSR count). The van der Waals surface area contributed by atoms with Gasteiger partial charge in [-0.25, -0.2) is 0 Å². The number of halogens is 1. The first kappa shape index (κ1) is 23.1. The molecule has 0 saturated carbocycles. The number of benzene rings is 8. The smallest absolute Gasteiger partial charge is 0.0491 e. The molecule has 1 aliphatic rings. The Morgan fingerprint density at radius 2 is 0.927 bits per heavy atom. The van der Waals surface area contributed by atoms with Gasteiger partial charge in [-0.05, 0) is 131 Å². The van der Waals surface area contributed by atoms with Crippen LogP contribution in [0.1, 0.15) is 11.1 Å². The number of fused-ring (bicyclic) bond motifs is 9. The van der Waals surface area contributed by atoms with E-state index in [4.69, 9.17) is 11.6 Å². The third kappa shape index (κ3) is 3.01. The summed E-state index contributed by atoms with van der Waals surface area (Å²) in [6, 6.07) is 42.1. The van der Waals surface area contributed by atoms with Gasteiger partial charge in [-0.1, -0.05) is 103 Å². The molecule has 41 heavy (non-hydrogen) atoms. The molecule has 0 bridgehead atoms. The molecule has 192 valence electrons. The average molecular weight is 541 g/mol. The predicted octanol–water partition coefficient (Wildman–Crippen LogP) is 12.0. The maximum absolute atomic E-state index is 7.21. The maximum Gasteiger partial charge on any atom is 0.0491 e. The third-order valence-corrected chi connectivity index (χ3v) is 9.71. The van der Waals surface area contributed by atoms with Crippen molar-refractivity contribution in [1.29, 1.82) is 0 Å². The summed E-state index contributed by atoms with van der Waals surface area (Å²) in [5.41, 5.74) is 10.3. The molecule has 0 spiro atoms. The molecule has 0 atom stereocenters. The summed E-state index contributed by atoms with van der Waals surface area (Å²) in [7, 11) is 0. The second kappa shape index (κ2) is 8.19. The summed E-state index contributed by atoms with van der Waals surface area (Å²) in [6.07, 6.45) is 0. The summed E-state index contributed by atoms with van der Waals surface area (Å²) in [5, 5.41) is 13.6. The molecule has 0 amide bonds. The normalized spacial score (nSPS) is 12.3. The highest BCUT2D eigenvalue weighted by atomic mass is 35.5. The first-order valence-electron chi connectivity index (χ1n) is 14.2. The molecule has 8 aromatic carbocycles. The molecule has 0 aromatic heterocycles. The Hall–Kier alpha value is -4.65. The third-order valence-electron chi connectivity index (χ3n) is 9.40. The predicted molar refractivity (Wildman–Crippen MR) is 178 cm³/mol. The Kier molecular flexibility index (Phi) is 4.61. The van der Waals surface area contributed by atoms with Gasteiger partial charge in [0.2, 0.25) is 0 Å². The lowest BCUT2D eigenvalue weighted by molar-refractivity contribution is 1.47. The zero-order valence-electron chi connectivity index (χ0n) is 22.8. The van der Waals surface area contributed by atoms with Gasteiger partial charge < -0.3 is 0 Å². The lowest BCUT2D eigenvalue weighted by Crippen LogP contribution is -1.93. The Balaban J connectivity index is 1.39. The highest BCUT2D eigenvalue weighted by Crippen LogP contribution is 2.54. The SMILES string of the molecule is Cc1c2c(c(C)c3cc(-c4cc5ccccc5c5ccccc45)c(Cl)cc13)-c1cccc3c1c-2cc1ccccc13. The van der Waals surface area contributed by atoms with Gasteiger partial charge in [0.05, 0.1) is 0 Å². The fourth-order valence-corrected chi connectivity index (χ4v) is 7.83. The van der Waals surface area contributed by atoms with Gasteiger partial charge in [0, 0.05) is 10.6 Å². The van der Waals surface area contributed by atoms with Crippen molar-refractivity contribution in [3.63, 3.8) is 0 Å². The maximum atomic E-state index is 7.21. The van der Waals surface area contributed by atoms with Gasteiger partial charge in [0.25, 0.3) is 0 Å². The van der Waals surface area contributed by atoms with Crippen LogP contribution in [0.5, 0.6) is 0 Å². The highest BCUT2D eigenvalue weighted by molar-refractivity contribution is 6.35. The monoisotopic (exact) mass is 540 g/mol. The number of hydrogen-bond donors (Lipinski definition) is 0. The van der Waals surface area contributed by atoms with E-state index in [2.05, 4.69) is 129 Å². The van der Waals surface area contributed by atoms with Gasteiger partial charge in [-0.15, -0.1) is 0 Å². The number of aryl methyl sites for hydroxylation is 2. The summed E-state index contributed by atoms with van der Waals surface area (Å²) in [4.78, 5) is 0. The fourth-order valence-electron chi connectivity index (χ4n) is 7.56. The second-order valence-corrected chi connectivity index (χ2v) is 11.8. The zero-order valence-corrected chi connectivity index (χ0v) is 23.6. The molecule has 1 heteroatoms. The van der Waals surface area contributed by atoms with Crippen LogP contribution < -0.4 is 0 Å².